The standard InChI is InChI=1S/C14H26O/c1-14(2,3)15-13-9-8-11-6-4-5-7-12(11)10-13/h11-13H,4-10H2,1-3H3. The molecule has 0 aromatic heterocycles. The topological polar surface area (TPSA) is 9.23 Å². The smallest absolute Gasteiger partial charge is 0.0602 e. The van der Waals surface area contributed by atoms with Crippen molar-refractivity contribution in [1.82, 2.24) is 0 Å². The molecule has 15 heavy (non-hydrogen) atoms. The van der Waals surface area contributed by atoms with Crippen LogP contribution in [0.3, 0.4) is 0 Å². The molecule has 0 amide bonds. The Kier molecular flexibility index (Phi) is 3.39. The molecule has 0 aromatic carbocycles. The highest BCUT2D eigenvalue weighted by atomic mass is 16.5. The Labute approximate surface area is 94.6 Å². The minimum absolute atomic E-state index is 0.0478. The van der Waals surface area contributed by atoms with E-state index in [4.69, 9.17) is 4.74 Å². The molecule has 2 aliphatic carbocycles. The predicted molar refractivity (Wildman–Crippen MR) is 63.9 cm³/mol. The van der Waals surface area contributed by atoms with Crippen LogP contribution in [0.2, 0.25) is 0 Å². The average molecular weight is 210 g/mol. The fraction of sp³-hybridized carbons (Fsp3) is 1.00. The third kappa shape index (κ3) is 3.21. The lowest BCUT2D eigenvalue weighted by atomic mass is 9.70. The van der Waals surface area contributed by atoms with Crippen molar-refractivity contribution in [3.05, 3.63) is 0 Å². The Morgan fingerprint density at radius 1 is 0.867 bits per heavy atom. The molecule has 0 aliphatic heterocycles. The van der Waals surface area contributed by atoms with Gasteiger partial charge in [0.2, 0.25) is 0 Å². The molecule has 0 spiro atoms. The van der Waals surface area contributed by atoms with E-state index in [-0.39, 0.29) is 5.60 Å². The molecule has 0 heterocycles. The van der Waals surface area contributed by atoms with Gasteiger partial charge in [-0.2, -0.15) is 0 Å². The Hall–Kier alpha value is -0.0400. The van der Waals surface area contributed by atoms with Gasteiger partial charge in [-0.15, -0.1) is 0 Å². The summed E-state index contributed by atoms with van der Waals surface area (Å²) in [6.07, 6.45) is 10.5. The molecule has 2 rings (SSSR count). The second-order valence-corrected chi connectivity index (χ2v) is 6.47. The summed E-state index contributed by atoms with van der Waals surface area (Å²) in [4.78, 5) is 0. The summed E-state index contributed by atoms with van der Waals surface area (Å²) >= 11 is 0. The van der Waals surface area contributed by atoms with E-state index in [1.807, 2.05) is 0 Å². The maximum absolute atomic E-state index is 6.13. The molecule has 0 N–H and O–H groups in total. The van der Waals surface area contributed by atoms with Crippen LogP contribution in [0.1, 0.15) is 65.7 Å². The summed E-state index contributed by atoms with van der Waals surface area (Å²) in [5.41, 5.74) is 0.0478. The zero-order chi connectivity index (χ0) is 10.9. The van der Waals surface area contributed by atoms with Crippen LogP contribution in [0.4, 0.5) is 0 Å². The Morgan fingerprint density at radius 2 is 1.53 bits per heavy atom. The van der Waals surface area contributed by atoms with Crippen LogP contribution in [0.15, 0.2) is 0 Å². The summed E-state index contributed by atoms with van der Waals surface area (Å²) in [5, 5.41) is 0. The van der Waals surface area contributed by atoms with Crippen LogP contribution < -0.4 is 0 Å². The molecule has 0 saturated heterocycles. The third-order valence-electron chi connectivity index (χ3n) is 4.01. The zero-order valence-electron chi connectivity index (χ0n) is 10.6. The molecule has 2 saturated carbocycles. The van der Waals surface area contributed by atoms with Gasteiger partial charge < -0.3 is 4.74 Å². The molecule has 2 fully saturated rings. The van der Waals surface area contributed by atoms with Gasteiger partial charge in [0.05, 0.1) is 11.7 Å². The fourth-order valence-corrected chi connectivity index (χ4v) is 3.44. The SMILES string of the molecule is CC(C)(C)OC1CCC2CCCCC2C1. The van der Waals surface area contributed by atoms with Gasteiger partial charge in [0.1, 0.15) is 0 Å². The molecule has 2 aliphatic rings. The maximum atomic E-state index is 6.13. The van der Waals surface area contributed by atoms with Gasteiger partial charge in [-0.25, -0.2) is 0 Å². The van der Waals surface area contributed by atoms with Crippen molar-refractivity contribution in [1.29, 1.82) is 0 Å². The van der Waals surface area contributed by atoms with Crippen LogP contribution in [-0.4, -0.2) is 11.7 Å². The number of ether oxygens (including phenoxy) is 1. The Bertz CT molecular complexity index is 204. The predicted octanol–water partition coefficient (Wildman–Crippen LogP) is 4.16. The first kappa shape index (κ1) is 11.4. The molecule has 0 radical (unpaired) electrons. The summed E-state index contributed by atoms with van der Waals surface area (Å²) in [6.45, 7) is 6.54. The van der Waals surface area contributed by atoms with Crippen LogP contribution in [0, 0.1) is 11.8 Å². The largest absolute Gasteiger partial charge is 0.373 e. The molecule has 0 bridgehead atoms. The monoisotopic (exact) mass is 210 g/mol. The molecular formula is C14H26O. The fourth-order valence-electron chi connectivity index (χ4n) is 3.44. The van der Waals surface area contributed by atoms with Gasteiger partial charge in [0.25, 0.3) is 0 Å². The Balaban J connectivity index is 1.85. The molecule has 1 heteroatoms. The van der Waals surface area contributed by atoms with Crippen molar-refractivity contribution < 1.29 is 4.74 Å². The van der Waals surface area contributed by atoms with E-state index in [0.717, 1.165) is 11.8 Å². The maximum Gasteiger partial charge on any atom is 0.0602 e. The number of hydrogen-bond donors (Lipinski definition) is 0. The minimum atomic E-state index is 0.0478. The molecule has 0 aromatic rings. The summed E-state index contributed by atoms with van der Waals surface area (Å²) < 4.78 is 6.13. The molecule has 88 valence electrons. The lowest BCUT2D eigenvalue weighted by molar-refractivity contribution is -0.0929. The highest BCUT2D eigenvalue weighted by molar-refractivity contribution is 4.84. The van der Waals surface area contributed by atoms with E-state index in [0.29, 0.717) is 6.10 Å². The van der Waals surface area contributed by atoms with E-state index in [2.05, 4.69) is 20.8 Å². The number of rotatable bonds is 1. The van der Waals surface area contributed by atoms with E-state index in [9.17, 15) is 0 Å². The highest BCUT2D eigenvalue weighted by Gasteiger charge is 2.33. The number of hydrogen-bond acceptors (Lipinski definition) is 1. The second kappa shape index (κ2) is 4.45. The van der Waals surface area contributed by atoms with Gasteiger partial charge in [0.15, 0.2) is 0 Å². The van der Waals surface area contributed by atoms with E-state index in [1.54, 1.807) is 0 Å². The first-order valence-corrected chi connectivity index (χ1v) is 6.72. The zero-order valence-corrected chi connectivity index (χ0v) is 10.6. The van der Waals surface area contributed by atoms with Gasteiger partial charge in [-0.3, -0.25) is 0 Å². The Morgan fingerprint density at radius 3 is 2.20 bits per heavy atom. The second-order valence-electron chi connectivity index (χ2n) is 6.47. The molecule has 3 unspecified atom stereocenters. The van der Waals surface area contributed by atoms with Crippen LogP contribution >= 0.6 is 0 Å². The first-order chi connectivity index (χ1) is 7.04. The molecular weight excluding hydrogens is 184 g/mol. The van der Waals surface area contributed by atoms with Crippen molar-refractivity contribution in [2.24, 2.45) is 11.8 Å². The normalized spacial score (nSPS) is 37.4. The van der Waals surface area contributed by atoms with Crippen molar-refractivity contribution in [2.45, 2.75) is 77.4 Å². The number of fused-ring (bicyclic) bond motifs is 1. The van der Waals surface area contributed by atoms with Gasteiger partial charge in [0, 0.05) is 0 Å². The van der Waals surface area contributed by atoms with Crippen LogP contribution in [-0.2, 0) is 4.74 Å². The highest BCUT2D eigenvalue weighted by Crippen LogP contribution is 2.41. The van der Waals surface area contributed by atoms with Crippen molar-refractivity contribution in [3.63, 3.8) is 0 Å². The lowest BCUT2D eigenvalue weighted by Gasteiger charge is -2.41. The minimum Gasteiger partial charge on any atom is -0.373 e. The van der Waals surface area contributed by atoms with E-state index in [1.165, 1.54) is 44.9 Å². The lowest BCUT2D eigenvalue weighted by Crippen LogP contribution is -2.36. The van der Waals surface area contributed by atoms with Gasteiger partial charge in [-0.05, 0) is 51.9 Å². The molecule has 1 nitrogen and oxygen atoms in total. The van der Waals surface area contributed by atoms with Gasteiger partial charge in [-0.1, -0.05) is 25.7 Å². The summed E-state index contributed by atoms with van der Waals surface area (Å²) in [6, 6.07) is 0. The van der Waals surface area contributed by atoms with Crippen molar-refractivity contribution in [3.8, 4) is 0 Å². The summed E-state index contributed by atoms with van der Waals surface area (Å²) in [5.74, 6) is 2.03. The first-order valence-electron chi connectivity index (χ1n) is 6.72. The quantitative estimate of drug-likeness (QED) is 0.631. The van der Waals surface area contributed by atoms with E-state index >= 15 is 0 Å². The summed E-state index contributed by atoms with van der Waals surface area (Å²) in [7, 11) is 0. The van der Waals surface area contributed by atoms with E-state index < -0.39 is 0 Å². The average Bonchev–Trinajstić information content (AvgIpc) is 2.15. The van der Waals surface area contributed by atoms with Crippen molar-refractivity contribution >= 4 is 0 Å². The van der Waals surface area contributed by atoms with Crippen LogP contribution in [0.5, 0.6) is 0 Å². The van der Waals surface area contributed by atoms with Crippen molar-refractivity contribution in [2.75, 3.05) is 0 Å². The molecule has 3 atom stereocenters. The van der Waals surface area contributed by atoms with Crippen LogP contribution in [0.25, 0.3) is 0 Å². The van der Waals surface area contributed by atoms with Gasteiger partial charge >= 0.3 is 0 Å². The third-order valence-corrected chi connectivity index (χ3v) is 4.01.